The van der Waals surface area contributed by atoms with Crippen LogP contribution < -0.4 is 15.5 Å². The van der Waals surface area contributed by atoms with E-state index in [1.807, 2.05) is 25.4 Å². The molecule has 6 heteroatoms. The van der Waals surface area contributed by atoms with Crippen molar-refractivity contribution in [1.29, 1.82) is 0 Å². The van der Waals surface area contributed by atoms with Crippen LogP contribution in [-0.4, -0.2) is 25.6 Å². The van der Waals surface area contributed by atoms with Crippen molar-refractivity contribution in [2.45, 2.75) is 6.54 Å². The lowest BCUT2D eigenvalue weighted by Crippen LogP contribution is -2.27. The molecule has 0 unspecified atom stereocenters. The van der Waals surface area contributed by atoms with E-state index in [2.05, 4.69) is 33.6 Å². The maximum Gasteiger partial charge on any atom is 0.0667 e. The van der Waals surface area contributed by atoms with Crippen molar-refractivity contribution >= 4 is 40.7 Å². The Balaban J connectivity index is 1.88. The number of aromatic nitrogens is 1. The monoisotopic (exact) mass is 336 g/mol. The SMILES string of the molecule is CNCc1c[nH]c2c1N(C)CC(Nc1ccc(Cl)cc1Cl)=C2. The third-order valence-electron chi connectivity index (χ3n) is 3.66. The van der Waals surface area contributed by atoms with Gasteiger partial charge in [-0.1, -0.05) is 23.2 Å². The van der Waals surface area contributed by atoms with Gasteiger partial charge in [0.2, 0.25) is 0 Å². The number of likely N-dealkylation sites (N-methyl/N-ethyl adjacent to an activating group) is 1. The van der Waals surface area contributed by atoms with Gasteiger partial charge in [0.25, 0.3) is 0 Å². The van der Waals surface area contributed by atoms with Gasteiger partial charge in [-0.15, -0.1) is 0 Å². The number of benzene rings is 1. The predicted octanol–water partition coefficient (Wildman–Crippen LogP) is 3.94. The first-order chi connectivity index (χ1) is 10.6. The van der Waals surface area contributed by atoms with Gasteiger partial charge in [-0.05, 0) is 31.3 Å². The third kappa shape index (κ3) is 2.95. The second kappa shape index (κ2) is 6.24. The first kappa shape index (κ1) is 15.3. The zero-order chi connectivity index (χ0) is 15.7. The van der Waals surface area contributed by atoms with Gasteiger partial charge in [-0.25, -0.2) is 0 Å². The summed E-state index contributed by atoms with van der Waals surface area (Å²) in [5.41, 5.74) is 5.54. The molecule has 1 aromatic heterocycles. The molecule has 1 aliphatic heterocycles. The number of fused-ring (bicyclic) bond motifs is 1. The van der Waals surface area contributed by atoms with Crippen LogP contribution in [0.3, 0.4) is 0 Å². The number of halogens is 2. The second-order valence-electron chi connectivity index (χ2n) is 5.38. The first-order valence-electron chi connectivity index (χ1n) is 7.07. The smallest absolute Gasteiger partial charge is 0.0667 e. The van der Waals surface area contributed by atoms with Crippen molar-refractivity contribution in [2.75, 3.05) is 30.9 Å². The summed E-state index contributed by atoms with van der Waals surface area (Å²) in [5.74, 6) is 0. The number of anilines is 2. The van der Waals surface area contributed by atoms with E-state index >= 15 is 0 Å². The zero-order valence-electron chi connectivity index (χ0n) is 12.5. The predicted molar refractivity (Wildman–Crippen MR) is 94.9 cm³/mol. The molecule has 4 nitrogen and oxygen atoms in total. The minimum atomic E-state index is 0.615. The average Bonchev–Trinajstić information content (AvgIpc) is 2.86. The third-order valence-corrected chi connectivity index (χ3v) is 4.21. The van der Waals surface area contributed by atoms with Crippen molar-refractivity contribution in [1.82, 2.24) is 10.3 Å². The van der Waals surface area contributed by atoms with Gasteiger partial charge in [-0.2, -0.15) is 0 Å². The Morgan fingerprint density at radius 3 is 2.86 bits per heavy atom. The molecule has 0 bridgehead atoms. The number of nitrogens with one attached hydrogen (secondary N) is 3. The Kier molecular flexibility index (Phi) is 4.34. The molecule has 0 fully saturated rings. The van der Waals surface area contributed by atoms with E-state index in [1.165, 1.54) is 11.3 Å². The Morgan fingerprint density at radius 2 is 2.14 bits per heavy atom. The zero-order valence-corrected chi connectivity index (χ0v) is 14.0. The van der Waals surface area contributed by atoms with Crippen LogP contribution in [0, 0.1) is 0 Å². The summed E-state index contributed by atoms with van der Waals surface area (Å²) >= 11 is 12.2. The quantitative estimate of drug-likeness (QED) is 0.792. The summed E-state index contributed by atoms with van der Waals surface area (Å²) in [7, 11) is 4.04. The Bertz CT molecular complexity index is 721. The minimum absolute atomic E-state index is 0.615. The molecule has 0 spiro atoms. The van der Waals surface area contributed by atoms with Crippen molar-refractivity contribution < 1.29 is 0 Å². The van der Waals surface area contributed by atoms with Gasteiger partial charge in [0, 0.05) is 36.1 Å². The van der Waals surface area contributed by atoms with E-state index in [1.54, 1.807) is 6.07 Å². The van der Waals surface area contributed by atoms with Crippen LogP contribution in [0.2, 0.25) is 10.0 Å². The van der Waals surface area contributed by atoms with Gasteiger partial charge in [-0.3, -0.25) is 0 Å². The second-order valence-corrected chi connectivity index (χ2v) is 6.22. The highest BCUT2D eigenvalue weighted by Gasteiger charge is 2.20. The minimum Gasteiger partial charge on any atom is -0.367 e. The summed E-state index contributed by atoms with van der Waals surface area (Å²) in [6.45, 7) is 1.64. The molecule has 0 radical (unpaired) electrons. The number of aromatic amines is 1. The lowest BCUT2D eigenvalue weighted by atomic mass is 10.1. The van der Waals surface area contributed by atoms with E-state index in [-0.39, 0.29) is 0 Å². The Hall–Kier alpha value is -1.62. The number of hydrogen-bond donors (Lipinski definition) is 3. The molecule has 1 aliphatic rings. The molecule has 3 rings (SSSR count). The van der Waals surface area contributed by atoms with Gasteiger partial charge in [0.1, 0.15) is 0 Å². The van der Waals surface area contributed by atoms with Crippen LogP contribution in [0.4, 0.5) is 11.4 Å². The van der Waals surface area contributed by atoms with Crippen LogP contribution in [0.15, 0.2) is 30.1 Å². The first-order valence-corrected chi connectivity index (χ1v) is 7.82. The lowest BCUT2D eigenvalue weighted by Gasteiger charge is -2.27. The molecular formula is C16H18Cl2N4. The summed E-state index contributed by atoms with van der Waals surface area (Å²) < 4.78 is 0. The van der Waals surface area contributed by atoms with Crippen LogP contribution in [0.5, 0.6) is 0 Å². The van der Waals surface area contributed by atoms with E-state index in [0.717, 1.165) is 30.2 Å². The average molecular weight is 337 g/mol. The van der Waals surface area contributed by atoms with Crippen LogP contribution in [-0.2, 0) is 6.54 Å². The topological polar surface area (TPSA) is 43.1 Å². The highest BCUT2D eigenvalue weighted by atomic mass is 35.5. The fraction of sp³-hybridized carbons (Fsp3) is 0.250. The summed E-state index contributed by atoms with van der Waals surface area (Å²) in [5, 5.41) is 7.82. The Labute approximate surface area is 140 Å². The summed E-state index contributed by atoms with van der Waals surface area (Å²) in [6, 6.07) is 5.46. The van der Waals surface area contributed by atoms with E-state index < -0.39 is 0 Å². The molecule has 0 saturated carbocycles. The highest BCUT2D eigenvalue weighted by Crippen LogP contribution is 2.33. The molecule has 0 amide bonds. The van der Waals surface area contributed by atoms with Crippen LogP contribution in [0.1, 0.15) is 11.3 Å². The molecule has 2 heterocycles. The number of H-pyrrole nitrogens is 1. The van der Waals surface area contributed by atoms with Crippen molar-refractivity contribution in [3.05, 3.63) is 51.4 Å². The van der Waals surface area contributed by atoms with Crippen molar-refractivity contribution in [2.24, 2.45) is 0 Å². The fourth-order valence-corrected chi connectivity index (χ4v) is 3.21. The van der Waals surface area contributed by atoms with Crippen LogP contribution >= 0.6 is 23.2 Å². The lowest BCUT2D eigenvalue weighted by molar-refractivity contribution is 0.812. The van der Waals surface area contributed by atoms with Gasteiger partial charge in [0.05, 0.1) is 28.6 Å². The molecule has 3 N–H and O–H groups in total. The standard InChI is InChI=1S/C16H18Cl2N4/c1-19-7-10-8-20-15-6-12(9-22(2)16(10)15)21-14-4-3-11(17)5-13(14)18/h3-6,8,19-21H,7,9H2,1-2H3. The van der Waals surface area contributed by atoms with Gasteiger partial charge < -0.3 is 20.5 Å². The molecule has 0 aliphatic carbocycles. The van der Waals surface area contributed by atoms with Gasteiger partial charge >= 0.3 is 0 Å². The summed E-state index contributed by atoms with van der Waals surface area (Å²) in [4.78, 5) is 5.56. The molecule has 1 aromatic carbocycles. The van der Waals surface area contributed by atoms with Crippen molar-refractivity contribution in [3.8, 4) is 0 Å². The highest BCUT2D eigenvalue weighted by molar-refractivity contribution is 6.36. The Morgan fingerprint density at radius 1 is 1.32 bits per heavy atom. The molecule has 2 aromatic rings. The van der Waals surface area contributed by atoms with Crippen molar-refractivity contribution in [3.63, 3.8) is 0 Å². The van der Waals surface area contributed by atoms with E-state index in [4.69, 9.17) is 23.2 Å². The van der Waals surface area contributed by atoms with E-state index in [0.29, 0.717) is 10.0 Å². The molecular weight excluding hydrogens is 319 g/mol. The molecule has 22 heavy (non-hydrogen) atoms. The number of nitrogens with zero attached hydrogens (tertiary/aromatic N) is 1. The largest absolute Gasteiger partial charge is 0.367 e. The summed E-state index contributed by atoms with van der Waals surface area (Å²) in [6.07, 6.45) is 4.17. The van der Waals surface area contributed by atoms with Gasteiger partial charge in [0.15, 0.2) is 0 Å². The molecule has 0 atom stereocenters. The molecule has 0 saturated heterocycles. The normalized spacial score (nSPS) is 13.8. The maximum atomic E-state index is 6.23. The fourth-order valence-electron chi connectivity index (χ4n) is 2.75. The van der Waals surface area contributed by atoms with E-state index in [9.17, 15) is 0 Å². The number of rotatable bonds is 4. The number of hydrogen-bond acceptors (Lipinski definition) is 3. The van der Waals surface area contributed by atoms with Crippen LogP contribution in [0.25, 0.3) is 6.08 Å². The maximum absolute atomic E-state index is 6.23. The molecule has 116 valence electrons.